The molecule has 3 rings (SSSR count). The van der Waals surface area contributed by atoms with Crippen molar-refractivity contribution in [1.82, 2.24) is 5.32 Å². The number of allylic oxidation sites excluding steroid dienone is 1. The molecule has 0 aliphatic heterocycles. The zero-order chi connectivity index (χ0) is 14.8. The van der Waals surface area contributed by atoms with Crippen molar-refractivity contribution in [2.45, 2.75) is 19.1 Å². The van der Waals surface area contributed by atoms with Crippen molar-refractivity contribution in [1.29, 1.82) is 0 Å². The maximum absolute atomic E-state index is 11.9. The minimum absolute atomic E-state index is 0.0203. The number of alkyl carbamates (subject to hydrolysis) is 1. The number of carbonyl (C=O) groups is 2. The molecule has 2 bridgehead atoms. The van der Waals surface area contributed by atoms with Crippen LogP contribution in [0.5, 0.6) is 0 Å². The second-order valence-electron chi connectivity index (χ2n) is 5.54. The smallest absolute Gasteiger partial charge is 0.407 e. The standard InChI is InChI=1S/C16H17NO4/c18-15(19)13-11-6-7-12(8-11)14(13)17-16(20)21-9-10-4-2-1-3-5-10/h1-7,11-14H,8-9H2,(H,17,20)(H,18,19). The van der Waals surface area contributed by atoms with Crippen LogP contribution in [-0.2, 0) is 16.1 Å². The molecule has 4 unspecified atom stereocenters. The molecule has 1 amide bonds. The molecule has 2 aliphatic carbocycles. The van der Waals surface area contributed by atoms with Crippen LogP contribution in [0.3, 0.4) is 0 Å². The van der Waals surface area contributed by atoms with Gasteiger partial charge in [-0.2, -0.15) is 0 Å². The average Bonchev–Trinajstić information content (AvgIpc) is 3.07. The molecule has 1 fully saturated rings. The van der Waals surface area contributed by atoms with Crippen LogP contribution < -0.4 is 5.32 Å². The van der Waals surface area contributed by atoms with E-state index in [9.17, 15) is 14.7 Å². The van der Waals surface area contributed by atoms with Crippen molar-refractivity contribution in [3.8, 4) is 0 Å². The van der Waals surface area contributed by atoms with Crippen LogP contribution in [0.15, 0.2) is 42.5 Å². The first-order valence-corrected chi connectivity index (χ1v) is 7.03. The molecule has 4 atom stereocenters. The van der Waals surface area contributed by atoms with Crippen molar-refractivity contribution in [2.24, 2.45) is 17.8 Å². The van der Waals surface area contributed by atoms with Crippen LogP contribution in [0.25, 0.3) is 0 Å². The highest BCUT2D eigenvalue weighted by Crippen LogP contribution is 2.43. The highest BCUT2D eigenvalue weighted by molar-refractivity contribution is 5.75. The Balaban J connectivity index is 1.57. The molecular weight excluding hydrogens is 270 g/mol. The van der Waals surface area contributed by atoms with E-state index in [-0.39, 0.29) is 24.5 Å². The molecule has 0 spiro atoms. The van der Waals surface area contributed by atoms with Crippen LogP contribution in [0.2, 0.25) is 0 Å². The molecule has 1 saturated carbocycles. The van der Waals surface area contributed by atoms with Crippen LogP contribution in [0.1, 0.15) is 12.0 Å². The monoisotopic (exact) mass is 287 g/mol. The van der Waals surface area contributed by atoms with Crippen LogP contribution in [0, 0.1) is 17.8 Å². The summed E-state index contributed by atoms with van der Waals surface area (Å²) in [5.74, 6) is -1.29. The summed E-state index contributed by atoms with van der Waals surface area (Å²) in [6.45, 7) is 0.182. The lowest BCUT2D eigenvalue weighted by Gasteiger charge is -2.25. The van der Waals surface area contributed by atoms with Crippen molar-refractivity contribution in [3.63, 3.8) is 0 Å². The number of carboxylic acid groups (broad SMARTS) is 1. The van der Waals surface area contributed by atoms with E-state index in [1.807, 2.05) is 42.5 Å². The second-order valence-corrected chi connectivity index (χ2v) is 5.54. The number of aliphatic carboxylic acids is 1. The minimum atomic E-state index is -0.861. The average molecular weight is 287 g/mol. The van der Waals surface area contributed by atoms with Gasteiger partial charge in [0.15, 0.2) is 0 Å². The molecule has 5 nitrogen and oxygen atoms in total. The summed E-state index contributed by atoms with van der Waals surface area (Å²) in [5.41, 5.74) is 0.898. The highest BCUT2D eigenvalue weighted by Gasteiger charge is 2.49. The molecule has 0 aromatic heterocycles. The van der Waals surface area contributed by atoms with E-state index >= 15 is 0 Å². The molecule has 1 aromatic carbocycles. The molecule has 1 aromatic rings. The lowest BCUT2D eigenvalue weighted by Crippen LogP contribution is -2.45. The maximum atomic E-state index is 11.9. The van der Waals surface area contributed by atoms with Crippen molar-refractivity contribution in [3.05, 3.63) is 48.0 Å². The number of ether oxygens (including phenoxy) is 1. The Labute approximate surface area is 122 Å². The summed E-state index contributed by atoms with van der Waals surface area (Å²) in [6, 6.07) is 9.00. The van der Waals surface area contributed by atoms with Crippen molar-refractivity contribution < 1.29 is 19.4 Å². The van der Waals surface area contributed by atoms with Crippen molar-refractivity contribution in [2.75, 3.05) is 0 Å². The summed E-state index contributed by atoms with van der Waals surface area (Å²) in [4.78, 5) is 23.2. The second kappa shape index (κ2) is 5.60. The first-order valence-electron chi connectivity index (χ1n) is 7.03. The fraction of sp³-hybridized carbons (Fsp3) is 0.375. The van der Waals surface area contributed by atoms with E-state index in [1.165, 1.54) is 0 Å². The summed E-state index contributed by atoms with van der Waals surface area (Å²) in [5, 5.41) is 12.0. The number of nitrogens with one attached hydrogen (secondary N) is 1. The SMILES string of the molecule is O=C(NC1C2C=CC(C2)C1C(=O)O)OCc1ccccc1. The first kappa shape index (κ1) is 13.7. The van der Waals surface area contributed by atoms with Gasteiger partial charge in [0, 0.05) is 0 Å². The molecular formula is C16H17NO4. The molecule has 0 radical (unpaired) electrons. The van der Waals surface area contributed by atoms with Gasteiger partial charge in [0.25, 0.3) is 0 Å². The summed E-state index contributed by atoms with van der Waals surface area (Å²) >= 11 is 0. The Hall–Kier alpha value is -2.30. The van der Waals surface area contributed by atoms with E-state index < -0.39 is 18.0 Å². The fourth-order valence-electron chi connectivity index (χ4n) is 3.26. The van der Waals surface area contributed by atoms with Crippen molar-refractivity contribution >= 4 is 12.1 Å². The zero-order valence-electron chi connectivity index (χ0n) is 11.4. The molecule has 0 saturated heterocycles. The van der Waals surface area contributed by atoms with Gasteiger partial charge in [-0.1, -0.05) is 42.5 Å². The Morgan fingerprint density at radius 2 is 1.90 bits per heavy atom. The fourth-order valence-corrected chi connectivity index (χ4v) is 3.26. The van der Waals surface area contributed by atoms with Gasteiger partial charge in [0.1, 0.15) is 6.61 Å². The number of amides is 1. The lowest BCUT2D eigenvalue weighted by atomic mass is 9.89. The summed E-state index contributed by atoms with van der Waals surface area (Å²) in [7, 11) is 0. The molecule has 2 aliphatic rings. The summed E-state index contributed by atoms with van der Waals surface area (Å²) < 4.78 is 5.16. The first-order chi connectivity index (χ1) is 10.1. The van der Waals surface area contributed by atoms with Crippen LogP contribution >= 0.6 is 0 Å². The van der Waals surface area contributed by atoms with Gasteiger partial charge >= 0.3 is 12.1 Å². The van der Waals surface area contributed by atoms with E-state index in [4.69, 9.17) is 4.74 Å². The zero-order valence-corrected chi connectivity index (χ0v) is 11.4. The van der Waals surface area contributed by atoms with Gasteiger partial charge < -0.3 is 15.2 Å². The third-order valence-electron chi connectivity index (χ3n) is 4.24. The Morgan fingerprint density at radius 1 is 1.19 bits per heavy atom. The van der Waals surface area contributed by atoms with E-state index in [1.54, 1.807) is 0 Å². The lowest BCUT2D eigenvalue weighted by molar-refractivity contribution is -0.143. The largest absolute Gasteiger partial charge is 0.481 e. The van der Waals surface area contributed by atoms with Crippen LogP contribution in [0.4, 0.5) is 4.79 Å². The van der Waals surface area contributed by atoms with Gasteiger partial charge in [-0.05, 0) is 23.8 Å². The van der Waals surface area contributed by atoms with Crippen LogP contribution in [-0.4, -0.2) is 23.2 Å². The Bertz CT molecular complexity index is 569. The third-order valence-corrected chi connectivity index (χ3v) is 4.24. The van der Waals surface area contributed by atoms with Gasteiger partial charge in [-0.15, -0.1) is 0 Å². The maximum Gasteiger partial charge on any atom is 0.407 e. The number of carboxylic acids is 1. The van der Waals surface area contributed by atoms with E-state index in [2.05, 4.69) is 5.32 Å². The number of benzene rings is 1. The van der Waals surface area contributed by atoms with Gasteiger partial charge in [-0.25, -0.2) is 4.79 Å². The van der Waals surface area contributed by atoms with Gasteiger partial charge in [0.2, 0.25) is 0 Å². The van der Waals surface area contributed by atoms with E-state index in [0.29, 0.717) is 0 Å². The predicted molar refractivity (Wildman–Crippen MR) is 75.4 cm³/mol. The predicted octanol–water partition coefficient (Wildman–Crippen LogP) is 2.19. The normalized spacial score (nSPS) is 29.3. The Morgan fingerprint density at radius 3 is 2.62 bits per heavy atom. The van der Waals surface area contributed by atoms with Gasteiger partial charge in [-0.3, -0.25) is 4.79 Å². The molecule has 5 heteroatoms. The number of fused-ring (bicyclic) bond motifs is 2. The third kappa shape index (κ3) is 2.77. The molecule has 2 N–H and O–H groups in total. The molecule has 0 heterocycles. The molecule has 21 heavy (non-hydrogen) atoms. The molecule has 110 valence electrons. The van der Waals surface area contributed by atoms with E-state index in [0.717, 1.165) is 12.0 Å². The Kier molecular flexibility index (Phi) is 3.64. The number of hydrogen-bond donors (Lipinski definition) is 2. The highest BCUT2D eigenvalue weighted by atomic mass is 16.5. The quantitative estimate of drug-likeness (QED) is 0.832. The van der Waals surface area contributed by atoms with Gasteiger partial charge in [0.05, 0.1) is 12.0 Å². The summed E-state index contributed by atoms with van der Waals surface area (Å²) in [6.07, 6.45) is 4.17. The minimum Gasteiger partial charge on any atom is -0.481 e. The number of rotatable bonds is 4. The number of carbonyl (C=O) groups excluding carboxylic acids is 1. The number of hydrogen-bond acceptors (Lipinski definition) is 3. The topological polar surface area (TPSA) is 75.6 Å².